The van der Waals surface area contributed by atoms with Gasteiger partial charge in [0.05, 0.1) is 29.2 Å². The number of dihydropyridines is 1. The van der Waals surface area contributed by atoms with Crippen molar-refractivity contribution in [2.24, 2.45) is 0 Å². The Morgan fingerprint density at radius 2 is 1.57 bits per heavy atom. The lowest BCUT2D eigenvalue weighted by Gasteiger charge is -2.26. The fraction of sp³-hybridized carbons (Fsp3) is 0.200. The van der Waals surface area contributed by atoms with Crippen LogP contribution in [0.3, 0.4) is 0 Å². The molecule has 108 valence electrons. The predicted octanol–water partition coefficient (Wildman–Crippen LogP) is 3.45. The first-order valence-corrected chi connectivity index (χ1v) is 6.69. The number of hydrogen-bond acceptors (Lipinski definition) is 3. The highest BCUT2D eigenvalue weighted by Crippen LogP contribution is 2.40. The van der Waals surface area contributed by atoms with Crippen molar-refractivity contribution in [2.75, 3.05) is 0 Å². The highest BCUT2D eigenvalue weighted by atomic mass is 35.5. The normalized spacial score (nSPS) is 15.0. The first-order chi connectivity index (χ1) is 9.49. The Kier molecular flexibility index (Phi) is 5.41. The van der Waals surface area contributed by atoms with Crippen molar-refractivity contribution in [1.82, 2.24) is 5.32 Å². The Labute approximate surface area is 133 Å². The summed E-state index contributed by atoms with van der Waals surface area (Å²) in [5.74, 6) is -0.448. The molecule has 1 heterocycles. The summed E-state index contributed by atoms with van der Waals surface area (Å²) in [6, 6.07) is 9.43. The number of benzene rings is 1. The monoisotopic (exact) mass is 321 g/mol. The molecule has 0 bridgehead atoms. The van der Waals surface area contributed by atoms with Gasteiger partial charge in [-0.2, -0.15) is 10.5 Å². The molecule has 1 aromatic carbocycles. The van der Waals surface area contributed by atoms with E-state index in [0.29, 0.717) is 26.8 Å². The Hall–Kier alpha value is -1.98. The number of nitrogens with zero attached hydrogens (tertiary/aromatic N) is 2. The molecule has 1 aliphatic heterocycles. The first kappa shape index (κ1) is 17.1. The Morgan fingerprint density at radius 3 is 2.00 bits per heavy atom. The summed E-state index contributed by atoms with van der Waals surface area (Å²) in [6.45, 7) is 3.63. The molecule has 1 aliphatic rings. The maximum Gasteiger partial charge on any atom is 0.0975 e. The molecule has 4 nitrogen and oxygen atoms in total. The Balaban J connectivity index is 0.00000220. The number of nitrogens with one attached hydrogen (secondary N) is 1. The Bertz CT molecular complexity index is 687. The van der Waals surface area contributed by atoms with Crippen LogP contribution in [0, 0.1) is 22.7 Å². The van der Waals surface area contributed by atoms with Crippen molar-refractivity contribution in [3.05, 3.63) is 56.3 Å². The molecule has 0 saturated carbocycles. The first-order valence-electron chi connectivity index (χ1n) is 5.93. The van der Waals surface area contributed by atoms with Crippen LogP contribution in [0.5, 0.6) is 0 Å². The molecule has 0 amide bonds. The molecule has 0 fully saturated rings. The molecule has 2 rings (SSSR count). The summed E-state index contributed by atoms with van der Waals surface area (Å²) in [7, 11) is 0. The van der Waals surface area contributed by atoms with E-state index in [0.717, 1.165) is 11.4 Å². The molecule has 1 aromatic rings. The molecule has 21 heavy (non-hydrogen) atoms. The van der Waals surface area contributed by atoms with Gasteiger partial charge in [-0.05, 0) is 31.5 Å². The van der Waals surface area contributed by atoms with Crippen molar-refractivity contribution in [2.45, 2.75) is 19.8 Å². The largest absolute Gasteiger partial charge is 0.412 e. The van der Waals surface area contributed by atoms with E-state index in [1.807, 2.05) is 13.8 Å². The van der Waals surface area contributed by atoms with Crippen molar-refractivity contribution in [1.29, 1.82) is 10.5 Å². The standard InChI is InChI=1S/C15H11Cl2N3.H2O/c1-8-12(6-18)15(13(7-19)9(2)20-8)11-4-3-10(16)5-14(11)17;/h3-5,15,20H,1-2H3;1H2. The zero-order chi connectivity index (χ0) is 14.9. The third-order valence-electron chi connectivity index (χ3n) is 3.27. The van der Waals surface area contributed by atoms with Gasteiger partial charge in [-0.25, -0.2) is 0 Å². The lowest BCUT2D eigenvalue weighted by Crippen LogP contribution is -2.23. The van der Waals surface area contributed by atoms with Crippen LogP contribution in [-0.2, 0) is 0 Å². The summed E-state index contributed by atoms with van der Waals surface area (Å²) in [4.78, 5) is 0. The van der Waals surface area contributed by atoms with Gasteiger partial charge in [-0.1, -0.05) is 29.3 Å². The van der Waals surface area contributed by atoms with E-state index in [1.54, 1.807) is 18.2 Å². The maximum atomic E-state index is 9.39. The van der Waals surface area contributed by atoms with E-state index in [1.165, 1.54) is 0 Å². The molecule has 3 N–H and O–H groups in total. The minimum absolute atomic E-state index is 0. The molecular weight excluding hydrogens is 309 g/mol. The quantitative estimate of drug-likeness (QED) is 0.858. The average Bonchev–Trinajstić information content (AvgIpc) is 2.38. The zero-order valence-corrected chi connectivity index (χ0v) is 13.0. The van der Waals surface area contributed by atoms with Crippen LogP contribution in [0.4, 0.5) is 0 Å². The van der Waals surface area contributed by atoms with Gasteiger partial charge in [0.2, 0.25) is 0 Å². The summed E-state index contributed by atoms with van der Waals surface area (Å²) < 4.78 is 0. The van der Waals surface area contributed by atoms with Crippen molar-refractivity contribution in [3.63, 3.8) is 0 Å². The van der Waals surface area contributed by atoms with Gasteiger partial charge in [0.1, 0.15) is 0 Å². The lowest BCUT2D eigenvalue weighted by molar-refractivity contribution is 0.814. The molecule has 6 heteroatoms. The number of rotatable bonds is 1. The topological polar surface area (TPSA) is 91.1 Å². The molecule has 0 unspecified atom stereocenters. The second kappa shape index (κ2) is 6.65. The van der Waals surface area contributed by atoms with E-state index in [4.69, 9.17) is 23.2 Å². The van der Waals surface area contributed by atoms with Crippen LogP contribution in [0.15, 0.2) is 40.7 Å². The third kappa shape index (κ3) is 3.04. The van der Waals surface area contributed by atoms with Crippen LogP contribution in [0.2, 0.25) is 10.0 Å². The van der Waals surface area contributed by atoms with Gasteiger partial charge < -0.3 is 10.8 Å². The predicted molar refractivity (Wildman–Crippen MR) is 82.6 cm³/mol. The molecule has 0 saturated heterocycles. The van der Waals surface area contributed by atoms with Crippen LogP contribution < -0.4 is 5.32 Å². The summed E-state index contributed by atoms with van der Waals surface area (Å²) in [6.07, 6.45) is 0. The molecule has 0 spiro atoms. The van der Waals surface area contributed by atoms with Crippen LogP contribution in [-0.4, -0.2) is 5.48 Å². The minimum Gasteiger partial charge on any atom is -0.412 e. The van der Waals surface area contributed by atoms with Gasteiger partial charge in [0, 0.05) is 21.4 Å². The van der Waals surface area contributed by atoms with Gasteiger partial charge in [-0.15, -0.1) is 0 Å². The summed E-state index contributed by atoms with van der Waals surface area (Å²) in [5, 5.41) is 22.8. The van der Waals surface area contributed by atoms with E-state index < -0.39 is 5.92 Å². The van der Waals surface area contributed by atoms with E-state index in [2.05, 4.69) is 17.5 Å². The number of hydrogen-bond donors (Lipinski definition) is 1. The molecule has 0 radical (unpaired) electrons. The van der Waals surface area contributed by atoms with Crippen LogP contribution in [0.1, 0.15) is 25.3 Å². The lowest BCUT2D eigenvalue weighted by atomic mass is 9.81. The van der Waals surface area contributed by atoms with E-state index in [-0.39, 0.29) is 5.48 Å². The van der Waals surface area contributed by atoms with Gasteiger partial charge >= 0.3 is 0 Å². The van der Waals surface area contributed by atoms with Crippen molar-refractivity contribution >= 4 is 23.2 Å². The molecular formula is C15H13Cl2N3O. The molecule has 0 aromatic heterocycles. The Morgan fingerprint density at radius 1 is 1.05 bits per heavy atom. The number of allylic oxidation sites excluding steroid dienone is 4. The van der Waals surface area contributed by atoms with Crippen LogP contribution >= 0.6 is 23.2 Å². The SMILES string of the molecule is CC1=C(C#N)C(c2ccc(Cl)cc2Cl)C(C#N)=C(C)N1.O. The smallest absolute Gasteiger partial charge is 0.0975 e. The van der Waals surface area contributed by atoms with E-state index in [9.17, 15) is 10.5 Å². The molecule has 0 atom stereocenters. The van der Waals surface area contributed by atoms with Gasteiger partial charge in [-0.3, -0.25) is 0 Å². The summed E-state index contributed by atoms with van der Waals surface area (Å²) in [5.41, 5.74) is 3.18. The van der Waals surface area contributed by atoms with Gasteiger partial charge in [0.15, 0.2) is 0 Å². The second-order valence-corrected chi connectivity index (χ2v) is 5.37. The zero-order valence-electron chi connectivity index (χ0n) is 11.5. The molecule has 0 aliphatic carbocycles. The van der Waals surface area contributed by atoms with E-state index >= 15 is 0 Å². The highest BCUT2D eigenvalue weighted by Gasteiger charge is 2.30. The van der Waals surface area contributed by atoms with Crippen molar-refractivity contribution in [3.8, 4) is 12.1 Å². The van der Waals surface area contributed by atoms with Crippen molar-refractivity contribution < 1.29 is 5.48 Å². The average molecular weight is 322 g/mol. The third-order valence-corrected chi connectivity index (χ3v) is 3.84. The second-order valence-electron chi connectivity index (χ2n) is 4.52. The summed E-state index contributed by atoms with van der Waals surface area (Å²) >= 11 is 12.1. The maximum absolute atomic E-state index is 9.39. The fourth-order valence-corrected chi connectivity index (χ4v) is 2.85. The fourth-order valence-electron chi connectivity index (χ4n) is 2.34. The number of halogens is 2. The minimum atomic E-state index is -0.448. The number of nitriles is 2. The van der Waals surface area contributed by atoms with Crippen LogP contribution in [0.25, 0.3) is 0 Å². The van der Waals surface area contributed by atoms with Gasteiger partial charge in [0.25, 0.3) is 0 Å². The highest BCUT2D eigenvalue weighted by molar-refractivity contribution is 6.35.